The lowest BCUT2D eigenvalue weighted by Gasteiger charge is -2.43. The summed E-state index contributed by atoms with van der Waals surface area (Å²) in [6, 6.07) is 17.6. The number of piperazine rings is 1. The number of fused-ring (bicyclic) bond motifs is 1. The quantitative estimate of drug-likeness (QED) is 0.515. The molecule has 0 bridgehead atoms. The number of ether oxygens (including phenoxy) is 1. The first-order valence-electron chi connectivity index (χ1n) is 7.85. The van der Waals surface area contributed by atoms with Crippen LogP contribution < -0.4 is 10.6 Å². The number of carbonyl (C=O) groups excluding carboxylic acids is 1. The van der Waals surface area contributed by atoms with Gasteiger partial charge in [0.2, 0.25) is 0 Å². The number of para-hydroxylation sites is 1. The molecule has 2 aliphatic rings. The highest BCUT2D eigenvalue weighted by Gasteiger charge is 2.55. The number of esters is 1. The molecule has 4 rings (SSSR count). The fraction of sp³-hybridized carbons (Fsp3) is 0.278. The van der Waals surface area contributed by atoms with Crippen molar-refractivity contribution >= 4 is 5.97 Å². The van der Waals surface area contributed by atoms with Crippen molar-refractivity contribution in [3.8, 4) is 5.75 Å². The van der Waals surface area contributed by atoms with E-state index in [-0.39, 0.29) is 5.97 Å². The zero-order chi connectivity index (χ0) is 15.9. The summed E-state index contributed by atoms with van der Waals surface area (Å²) in [5.74, 6) is 6.32. The maximum absolute atomic E-state index is 13.0. The molecular formula is C18H19N3O2. The van der Waals surface area contributed by atoms with Gasteiger partial charge in [-0.1, -0.05) is 48.5 Å². The van der Waals surface area contributed by atoms with Gasteiger partial charge in [0.25, 0.3) is 0 Å². The van der Waals surface area contributed by atoms with E-state index in [2.05, 4.69) is 4.90 Å². The second kappa shape index (κ2) is 5.45. The van der Waals surface area contributed by atoms with Crippen molar-refractivity contribution in [3.63, 3.8) is 0 Å². The van der Waals surface area contributed by atoms with E-state index in [1.165, 1.54) is 0 Å². The highest BCUT2D eigenvalue weighted by Crippen LogP contribution is 2.46. The number of hydrogen-bond acceptors (Lipinski definition) is 5. The van der Waals surface area contributed by atoms with Crippen LogP contribution in [0, 0.1) is 0 Å². The van der Waals surface area contributed by atoms with E-state index in [1.54, 1.807) is 5.01 Å². The van der Waals surface area contributed by atoms with E-state index in [9.17, 15) is 4.79 Å². The van der Waals surface area contributed by atoms with Crippen molar-refractivity contribution in [2.75, 3.05) is 26.2 Å². The normalized spacial score (nSPS) is 25.2. The van der Waals surface area contributed by atoms with Crippen LogP contribution in [0.2, 0.25) is 0 Å². The molecule has 118 valence electrons. The average molecular weight is 309 g/mol. The Balaban J connectivity index is 1.90. The van der Waals surface area contributed by atoms with Crippen LogP contribution >= 0.6 is 0 Å². The Labute approximate surface area is 135 Å². The highest BCUT2D eigenvalue weighted by atomic mass is 16.5. The van der Waals surface area contributed by atoms with Gasteiger partial charge in [-0.3, -0.25) is 10.7 Å². The molecule has 0 radical (unpaired) electrons. The topological polar surface area (TPSA) is 58.8 Å². The van der Waals surface area contributed by atoms with Crippen LogP contribution in [0.1, 0.15) is 11.1 Å². The number of hydrazine groups is 1. The Bertz CT molecular complexity index is 726. The second-order valence-corrected chi connectivity index (χ2v) is 5.99. The molecule has 1 fully saturated rings. The maximum Gasteiger partial charge on any atom is 0.341 e. The SMILES string of the molecule is NN1CCN(C2(c3ccccc3)C(=O)Oc3ccccc32)CC1. The fourth-order valence-corrected chi connectivity index (χ4v) is 3.63. The highest BCUT2D eigenvalue weighted by molar-refractivity contribution is 5.93. The first-order valence-corrected chi connectivity index (χ1v) is 7.85. The third kappa shape index (κ3) is 2.09. The van der Waals surface area contributed by atoms with Crippen LogP contribution in [-0.4, -0.2) is 42.1 Å². The lowest BCUT2D eigenvalue weighted by atomic mass is 9.81. The van der Waals surface area contributed by atoms with Crippen LogP contribution in [0.5, 0.6) is 5.75 Å². The number of nitrogens with zero attached hydrogens (tertiary/aromatic N) is 2. The Morgan fingerprint density at radius 3 is 2.30 bits per heavy atom. The van der Waals surface area contributed by atoms with Gasteiger partial charge in [-0.25, -0.2) is 9.80 Å². The van der Waals surface area contributed by atoms with E-state index in [0.29, 0.717) is 5.75 Å². The number of nitrogens with two attached hydrogens (primary N) is 1. The molecular weight excluding hydrogens is 290 g/mol. The Hall–Kier alpha value is -2.21. The summed E-state index contributed by atoms with van der Waals surface area (Å²) < 4.78 is 5.63. The van der Waals surface area contributed by atoms with Gasteiger partial charge in [-0.2, -0.15) is 0 Å². The first kappa shape index (κ1) is 14.4. The number of rotatable bonds is 2. The van der Waals surface area contributed by atoms with E-state index >= 15 is 0 Å². The standard InChI is InChI=1S/C18H19N3O2/c19-21-12-10-20(11-13-21)18(14-6-2-1-3-7-14)15-8-4-5-9-16(15)23-17(18)22/h1-9H,10-13,19H2. The Kier molecular flexibility index (Phi) is 3.41. The minimum atomic E-state index is -0.876. The third-order valence-electron chi connectivity index (χ3n) is 4.76. The zero-order valence-electron chi connectivity index (χ0n) is 12.8. The van der Waals surface area contributed by atoms with E-state index in [0.717, 1.165) is 37.3 Å². The summed E-state index contributed by atoms with van der Waals surface area (Å²) in [5, 5.41) is 1.79. The molecule has 0 aliphatic carbocycles. The smallest absolute Gasteiger partial charge is 0.341 e. The van der Waals surface area contributed by atoms with Crippen molar-refractivity contribution in [3.05, 3.63) is 65.7 Å². The summed E-state index contributed by atoms with van der Waals surface area (Å²) in [6.45, 7) is 2.89. The van der Waals surface area contributed by atoms with Crippen molar-refractivity contribution < 1.29 is 9.53 Å². The summed E-state index contributed by atoms with van der Waals surface area (Å²) in [4.78, 5) is 15.2. The van der Waals surface area contributed by atoms with Gasteiger partial charge in [0, 0.05) is 31.7 Å². The molecule has 0 saturated carbocycles. The van der Waals surface area contributed by atoms with Crippen LogP contribution in [0.25, 0.3) is 0 Å². The summed E-state index contributed by atoms with van der Waals surface area (Å²) in [7, 11) is 0. The van der Waals surface area contributed by atoms with Gasteiger partial charge in [0.15, 0.2) is 5.54 Å². The maximum atomic E-state index is 13.0. The van der Waals surface area contributed by atoms with Crippen LogP contribution in [0.3, 0.4) is 0 Å². The summed E-state index contributed by atoms with van der Waals surface area (Å²) >= 11 is 0. The largest absolute Gasteiger partial charge is 0.424 e. The lowest BCUT2D eigenvalue weighted by Crippen LogP contribution is -2.59. The minimum Gasteiger partial charge on any atom is -0.424 e. The number of benzene rings is 2. The molecule has 2 heterocycles. The fourth-order valence-electron chi connectivity index (χ4n) is 3.63. The van der Waals surface area contributed by atoms with Crippen LogP contribution in [0.4, 0.5) is 0 Å². The predicted molar refractivity (Wildman–Crippen MR) is 86.6 cm³/mol. The lowest BCUT2D eigenvalue weighted by molar-refractivity contribution is -0.144. The number of carbonyl (C=O) groups is 1. The van der Waals surface area contributed by atoms with Crippen LogP contribution in [0.15, 0.2) is 54.6 Å². The molecule has 5 heteroatoms. The molecule has 2 aliphatic heterocycles. The monoisotopic (exact) mass is 309 g/mol. The van der Waals surface area contributed by atoms with Gasteiger partial charge in [0.05, 0.1) is 0 Å². The second-order valence-electron chi connectivity index (χ2n) is 5.99. The van der Waals surface area contributed by atoms with Crippen molar-refractivity contribution in [2.24, 2.45) is 5.84 Å². The summed E-state index contributed by atoms with van der Waals surface area (Å²) in [6.07, 6.45) is 0. The molecule has 0 spiro atoms. The molecule has 1 unspecified atom stereocenters. The molecule has 2 aromatic carbocycles. The molecule has 1 atom stereocenters. The summed E-state index contributed by atoms with van der Waals surface area (Å²) in [5.41, 5.74) is 0.987. The molecule has 23 heavy (non-hydrogen) atoms. The van der Waals surface area contributed by atoms with Gasteiger partial charge in [-0.05, 0) is 11.6 Å². The molecule has 0 amide bonds. The molecule has 5 nitrogen and oxygen atoms in total. The van der Waals surface area contributed by atoms with Gasteiger partial charge >= 0.3 is 5.97 Å². The predicted octanol–water partition coefficient (Wildman–Crippen LogP) is 1.34. The van der Waals surface area contributed by atoms with Gasteiger partial charge in [0.1, 0.15) is 5.75 Å². The first-order chi connectivity index (χ1) is 11.2. The van der Waals surface area contributed by atoms with E-state index < -0.39 is 5.54 Å². The van der Waals surface area contributed by atoms with Crippen molar-refractivity contribution in [1.82, 2.24) is 9.91 Å². The number of hydrogen-bond donors (Lipinski definition) is 1. The van der Waals surface area contributed by atoms with Gasteiger partial charge in [-0.15, -0.1) is 0 Å². The van der Waals surface area contributed by atoms with E-state index in [4.69, 9.17) is 10.6 Å². The van der Waals surface area contributed by atoms with Crippen molar-refractivity contribution in [1.29, 1.82) is 0 Å². The minimum absolute atomic E-state index is 0.227. The molecule has 2 N–H and O–H groups in total. The molecule has 0 aromatic heterocycles. The Morgan fingerprint density at radius 1 is 0.913 bits per heavy atom. The van der Waals surface area contributed by atoms with E-state index in [1.807, 2.05) is 54.6 Å². The van der Waals surface area contributed by atoms with Gasteiger partial charge < -0.3 is 4.74 Å². The van der Waals surface area contributed by atoms with Crippen LogP contribution in [-0.2, 0) is 10.3 Å². The Morgan fingerprint density at radius 2 is 1.57 bits per heavy atom. The third-order valence-corrected chi connectivity index (χ3v) is 4.76. The zero-order valence-corrected chi connectivity index (χ0v) is 12.8. The average Bonchev–Trinajstić information content (AvgIpc) is 2.89. The molecule has 2 aromatic rings. The molecule has 1 saturated heterocycles. The van der Waals surface area contributed by atoms with Crippen molar-refractivity contribution in [2.45, 2.75) is 5.54 Å².